The lowest BCUT2D eigenvalue weighted by Crippen LogP contribution is -2.50. The van der Waals surface area contributed by atoms with Gasteiger partial charge in [0, 0.05) is 36.6 Å². The fourth-order valence-corrected chi connectivity index (χ4v) is 5.91. The van der Waals surface area contributed by atoms with Gasteiger partial charge in [-0.15, -0.1) is 0 Å². The maximum absolute atomic E-state index is 6.51. The van der Waals surface area contributed by atoms with E-state index in [1.165, 1.54) is 23.8 Å². The highest BCUT2D eigenvalue weighted by Gasteiger charge is 2.31. The smallest absolute Gasteiger partial charge is 0.128 e. The molecule has 0 radical (unpaired) electrons. The second-order valence-electron chi connectivity index (χ2n) is 9.13. The molecule has 0 amide bonds. The van der Waals surface area contributed by atoms with Crippen LogP contribution in [0.1, 0.15) is 43.6 Å². The van der Waals surface area contributed by atoms with Crippen molar-refractivity contribution in [2.75, 3.05) is 30.9 Å². The zero-order chi connectivity index (χ0) is 21.8. The number of nitrogens with one attached hydrogen (secondary N) is 2. The molecule has 0 bridgehead atoms. The van der Waals surface area contributed by atoms with Crippen LogP contribution in [0.3, 0.4) is 0 Å². The van der Waals surface area contributed by atoms with Crippen molar-refractivity contribution in [3.05, 3.63) is 54.4 Å². The molecule has 2 aliphatic rings. The Morgan fingerprint density at radius 1 is 1.16 bits per heavy atom. The zero-order valence-electron chi connectivity index (χ0n) is 18.7. The van der Waals surface area contributed by atoms with E-state index in [0.29, 0.717) is 24.0 Å². The molecular weight excluding hydrogens is 418 g/mol. The minimum absolute atomic E-state index is 0.379. The minimum Gasteiger partial charge on any atom is -0.378 e. The molecule has 2 N–H and O–H groups in total. The predicted molar refractivity (Wildman–Crippen MR) is 132 cm³/mol. The maximum atomic E-state index is 6.51. The van der Waals surface area contributed by atoms with Crippen LogP contribution in [-0.2, 0) is 4.74 Å². The molecule has 6 nitrogen and oxygen atoms in total. The van der Waals surface area contributed by atoms with E-state index in [9.17, 15) is 0 Å². The van der Waals surface area contributed by atoms with Crippen LogP contribution < -0.4 is 9.62 Å². The van der Waals surface area contributed by atoms with Gasteiger partial charge < -0.3 is 9.64 Å². The average molecular weight is 452 g/mol. The van der Waals surface area contributed by atoms with E-state index in [1.54, 1.807) is 11.9 Å². The van der Waals surface area contributed by atoms with Crippen LogP contribution in [0.4, 0.5) is 5.82 Å². The molecular formula is C25H33N5OS. The van der Waals surface area contributed by atoms with E-state index < -0.39 is 0 Å². The van der Waals surface area contributed by atoms with Crippen molar-refractivity contribution in [2.24, 2.45) is 5.92 Å². The molecule has 1 saturated heterocycles. The van der Waals surface area contributed by atoms with Crippen LogP contribution in [-0.4, -0.2) is 53.3 Å². The Kier molecular flexibility index (Phi) is 6.95. The summed E-state index contributed by atoms with van der Waals surface area (Å²) in [7, 11) is 0. The molecule has 1 aromatic carbocycles. The van der Waals surface area contributed by atoms with Crippen molar-refractivity contribution < 1.29 is 4.74 Å². The molecule has 5 rings (SSSR count). The number of hydrogen-bond acceptors (Lipinski definition) is 6. The summed E-state index contributed by atoms with van der Waals surface area (Å²) in [5, 5.41) is 8.41. The summed E-state index contributed by atoms with van der Waals surface area (Å²) in [6.45, 7) is 2.85. The Morgan fingerprint density at radius 3 is 2.88 bits per heavy atom. The van der Waals surface area contributed by atoms with Crippen LogP contribution in [0.5, 0.6) is 0 Å². The van der Waals surface area contributed by atoms with Crippen LogP contribution >= 0.6 is 11.9 Å². The van der Waals surface area contributed by atoms with E-state index in [-0.39, 0.29) is 0 Å². The van der Waals surface area contributed by atoms with Crippen LogP contribution in [0.15, 0.2) is 48.8 Å². The molecule has 3 heterocycles. The van der Waals surface area contributed by atoms with Crippen molar-refractivity contribution in [1.82, 2.24) is 19.9 Å². The molecule has 2 unspecified atom stereocenters. The number of aromatic nitrogens is 3. The fraction of sp³-hybridized carbons (Fsp3) is 0.520. The standard InChI is InChI=1S/C25H33N5OS/c1-32-29-24-11-13-30(25-4-2-3-12-26-25)16-21(24)17-31-22-8-5-18(6-9-22)19-7-10-23-20(14-19)15-27-28-23/h2-4,7,10,12,14-15,18,21-22,24,29H,5-6,8-9,11,13,16-17H2,1H3,(H,27,28). The Balaban J connectivity index is 1.15. The molecule has 2 aromatic heterocycles. The summed E-state index contributed by atoms with van der Waals surface area (Å²) < 4.78 is 10.1. The second-order valence-corrected chi connectivity index (χ2v) is 9.78. The Labute approximate surface area is 194 Å². The molecule has 1 saturated carbocycles. The number of nitrogens with zero attached hydrogens (tertiary/aromatic N) is 3. The minimum atomic E-state index is 0.379. The molecule has 2 atom stereocenters. The van der Waals surface area contributed by atoms with Gasteiger partial charge in [0.1, 0.15) is 5.82 Å². The lowest BCUT2D eigenvalue weighted by atomic mass is 9.82. The normalized spacial score (nSPS) is 26.5. The molecule has 32 heavy (non-hydrogen) atoms. The summed E-state index contributed by atoms with van der Waals surface area (Å²) >= 11 is 1.72. The number of piperidine rings is 1. The predicted octanol–water partition coefficient (Wildman–Crippen LogP) is 4.76. The first-order valence-electron chi connectivity index (χ1n) is 11.8. The van der Waals surface area contributed by atoms with Gasteiger partial charge in [0.15, 0.2) is 0 Å². The number of hydrogen-bond donors (Lipinski definition) is 2. The van der Waals surface area contributed by atoms with Crippen molar-refractivity contribution in [3.63, 3.8) is 0 Å². The first-order valence-corrected chi connectivity index (χ1v) is 13.0. The Hall–Kier alpha value is -2.09. The lowest BCUT2D eigenvalue weighted by molar-refractivity contribution is -0.00196. The number of H-pyrrole nitrogens is 1. The van der Waals surface area contributed by atoms with Gasteiger partial charge in [-0.25, -0.2) is 4.98 Å². The third-order valence-electron chi connectivity index (χ3n) is 7.13. The number of ether oxygens (including phenoxy) is 1. The molecule has 3 aromatic rings. The first-order chi connectivity index (χ1) is 15.8. The molecule has 1 aliphatic heterocycles. The third kappa shape index (κ3) is 4.95. The number of rotatable bonds is 7. The second kappa shape index (κ2) is 10.2. The van der Waals surface area contributed by atoms with Gasteiger partial charge in [0.05, 0.1) is 24.4 Å². The largest absolute Gasteiger partial charge is 0.378 e. The van der Waals surface area contributed by atoms with Crippen molar-refractivity contribution >= 4 is 28.7 Å². The highest BCUT2D eigenvalue weighted by Crippen LogP contribution is 2.35. The molecule has 0 spiro atoms. The van der Waals surface area contributed by atoms with E-state index >= 15 is 0 Å². The van der Waals surface area contributed by atoms with Gasteiger partial charge in [0.25, 0.3) is 0 Å². The average Bonchev–Trinajstić information content (AvgIpc) is 3.32. The van der Waals surface area contributed by atoms with Crippen molar-refractivity contribution in [3.8, 4) is 0 Å². The number of anilines is 1. The Bertz CT molecular complexity index is 988. The number of aromatic amines is 1. The summed E-state index contributed by atoms with van der Waals surface area (Å²) in [6, 6.07) is 13.4. The summed E-state index contributed by atoms with van der Waals surface area (Å²) in [4.78, 5) is 6.98. The maximum Gasteiger partial charge on any atom is 0.128 e. The molecule has 7 heteroatoms. The van der Waals surface area contributed by atoms with Gasteiger partial charge in [-0.2, -0.15) is 5.10 Å². The SMILES string of the molecule is CSNC1CCN(c2ccccn2)CC1COC1CCC(c2ccc3[nH]ncc3c2)CC1. The fourth-order valence-electron chi connectivity index (χ4n) is 5.29. The topological polar surface area (TPSA) is 66.1 Å². The lowest BCUT2D eigenvalue weighted by Gasteiger charge is -2.40. The van der Waals surface area contributed by atoms with Crippen LogP contribution in [0.2, 0.25) is 0 Å². The number of pyridine rings is 1. The monoisotopic (exact) mass is 451 g/mol. The third-order valence-corrected chi connectivity index (χ3v) is 7.67. The summed E-state index contributed by atoms with van der Waals surface area (Å²) in [5.74, 6) is 2.18. The summed E-state index contributed by atoms with van der Waals surface area (Å²) in [5.41, 5.74) is 2.56. The van der Waals surface area contributed by atoms with Crippen molar-refractivity contribution in [2.45, 2.75) is 50.2 Å². The molecule has 2 fully saturated rings. The zero-order valence-corrected chi connectivity index (χ0v) is 19.6. The highest BCUT2D eigenvalue weighted by atomic mass is 32.2. The van der Waals surface area contributed by atoms with E-state index in [0.717, 1.165) is 50.3 Å². The van der Waals surface area contributed by atoms with Gasteiger partial charge in [-0.1, -0.05) is 24.1 Å². The quantitative estimate of drug-likeness (QED) is 0.505. The van der Waals surface area contributed by atoms with E-state index in [1.807, 2.05) is 18.5 Å². The van der Waals surface area contributed by atoms with E-state index in [4.69, 9.17) is 4.74 Å². The van der Waals surface area contributed by atoms with Crippen LogP contribution in [0, 0.1) is 5.92 Å². The molecule has 170 valence electrons. The number of fused-ring (bicyclic) bond motifs is 1. The van der Waals surface area contributed by atoms with Gasteiger partial charge >= 0.3 is 0 Å². The van der Waals surface area contributed by atoms with Gasteiger partial charge in [0.2, 0.25) is 0 Å². The van der Waals surface area contributed by atoms with Crippen molar-refractivity contribution in [1.29, 1.82) is 0 Å². The highest BCUT2D eigenvalue weighted by molar-refractivity contribution is 7.96. The van der Waals surface area contributed by atoms with Gasteiger partial charge in [-0.05, 0) is 74.1 Å². The Morgan fingerprint density at radius 2 is 2.06 bits per heavy atom. The van der Waals surface area contributed by atoms with Crippen LogP contribution in [0.25, 0.3) is 10.9 Å². The van der Waals surface area contributed by atoms with Gasteiger partial charge in [-0.3, -0.25) is 9.82 Å². The van der Waals surface area contributed by atoms with E-state index in [2.05, 4.69) is 61.4 Å². The number of benzene rings is 1. The molecule has 1 aliphatic carbocycles. The summed E-state index contributed by atoms with van der Waals surface area (Å²) in [6.07, 6.45) is 12.1. The first kappa shape index (κ1) is 21.7.